The van der Waals surface area contributed by atoms with E-state index in [0.29, 0.717) is 0 Å². The van der Waals surface area contributed by atoms with Crippen LogP contribution in [0.2, 0.25) is 10.1 Å². The Morgan fingerprint density at radius 1 is 0.867 bits per heavy atom. The molecule has 0 aromatic heterocycles. The summed E-state index contributed by atoms with van der Waals surface area (Å²) in [5.41, 5.74) is 0. The number of halogens is 1. The summed E-state index contributed by atoms with van der Waals surface area (Å²) in [7, 11) is -1.98. The van der Waals surface area contributed by atoms with Crippen LogP contribution < -0.4 is 0 Å². The predicted octanol–water partition coefficient (Wildman–Crippen LogP) is 4.61. The Kier molecular flexibility index (Phi) is 4.91. The SMILES string of the molecule is CCN(CC)[Si](Cl)(C(C)(C)C)C(C)(C)C. The zero-order valence-corrected chi connectivity index (χ0v) is 13.5. The van der Waals surface area contributed by atoms with E-state index in [2.05, 4.69) is 60.0 Å². The maximum atomic E-state index is 7.12. The van der Waals surface area contributed by atoms with Crippen LogP contribution in [0.5, 0.6) is 0 Å². The van der Waals surface area contributed by atoms with Crippen molar-refractivity contribution in [2.45, 2.75) is 65.5 Å². The minimum Gasteiger partial charge on any atom is -0.312 e. The standard InChI is InChI=1S/C12H28ClNSi/c1-9-14(10-2)15(13,11(3,4)5)12(6,7)8/h9-10H2,1-8H3. The van der Waals surface area contributed by atoms with Crippen molar-refractivity contribution in [2.24, 2.45) is 0 Å². The van der Waals surface area contributed by atoms with Gasteiger partial charge in [-0.15, -0.1) is 11.1 Å². The lowest BCUT2D eigenvalue weighted by Gasteiger charge is -2.52. The second-order valence-corrected chi connectivity index (χ2v) is 12.8. The van der Waals surface area contributed by atoms with Crippen LogP contribution in [0.3, 0.4) is 0 Å². The van der Waals surface area contributed by atoms with Gasteiger partial charge in [-0.1, -0.05) is 55.4 Å². The van der Waals surface area contributed by atoms with Gasteiger partial charge in [0.1, 0.15) is 0 Å². The Labute approximate surface area is 102 Å². The molecule has 0 aliphatic carbocycles. The minimum atomic E-state index is -1.98. The Balaban J connectivity index is 5.40. The fourth-order valence-electron chi connectivity index (χ4n) is 2.73. The van der Waals surface area contributed by atoms with Crippen LogP contribution in [0, 0.1) is 0 Å². The Morgan fingerprint density at radius 3 is 1.20 bits per heavy atom. The molecule has 1 nitrogen and oxygen atoms in total. The van der Waals surface area contributed by atoms with E-state index in [0.717, 1.165) is 13.1 Å². The number of hydrogen-bond acceptors (Lipinski definition) is 1. The first-order valence-electron chi connectivity index (χ1n) is 5.96. The van der Waals surface area contributed by atoms with E-state index in [1.54, 1.807) is 0 Å². The highest BCUT2D eigenvalue weighted by Crippen LogP contribution is 2.54. The van der Waals surface area contributed by atoms with Crippen LogP contribution in [0.25, 0.3) is 0 Å². The Bertz CT molecular complexity index is 185. The number of hydrogen-bond donors (Lipinski definition) is 0. The molecule has 0 N–H and O–H groups in total. The third-order valence-corrected chi connectivity index (χ3v) is 12.8. The molecule has 0 bridgehead atoms. The van der Waals surface area contributed by atoms with Crippen LogP contribution in [-0.2, 0) is 0 Å². The van der Waals surface area contributed by atoms with Gasteiger partial charge < -0.3 is 4.57 Å². The lowest BCUT2D eigenvalue weighted by Crippen LogP contribution is -2.60. The quantitative estimate of drug-likeness (QED) is 0.522. The van der Waals surface area contributed by atoms with E-state index in [9.17, 15) is 0 Å². The van der Waals surface area contributed by atoms with Gasteiger partial charge in [0.2, 0.25) is 7.55 Å². The Morgan fingerprint density at radius 2 is 1.13 bits per heavy atom. The van der Waals surface area contributed by atoms with Gasteiger partial charge >= 0.3 is 0 Å². The molecule has 15 heavy (non-hydrogen) atoms. The number of nitrogens with zero attached hydrogens (tertiary/aromatic N) is 1. The zero-order chi connectivity index (χ0) is 12.5. The van der Waals surface area contributed by atoms with E-state index >= 15 is 0 Å². The summed E-state index contributed by atoms with van der Waals surface area (Å²) >= 11 is 7.12. The molecule has 0 saturated carbocycles. The molecular weight excluding hydrogens is 222 g/mol. The van der Waals surface area contributed by atoms with E-state index in [4.69, 9.17) is 11.1 Å². The normalized spacial score (nSPS) is 14.8. The zero-order valence-electron chi connectivity index (χ0n) is 11.7. The van der Waals surface area contributed by atoms with Crippen LogP contribution in [0.15, 0.2) is 0 Å². The van der Waals surface area contributed by atoms with Gasteiger partial charge in [-0.25, -0.2) is 0 Å². The molecule has 92 valence electrons. The summed E-state index contributed by atoms with van der Waals surface area (Å²) in [6.45, 7) is 20.3. The van der Waals surface area contributed by atoms with Crippen LogP contribution in [0.4, 0.5) is 0 Å². The molecule has 0 atom stereocenters. The third kappa shape index (κ3) is 2.77. The van der Waals surface area contributed by atoms with E-state index in [1.807, 2.05) is 0 Å². The van der Waals surface area contributed by atoms with Crippen molar-refractivity contribution in [3.63, 3.8) is 0 Å². The molecule has 0 fully saturated rings. The van der Waals surface area contributed by atoms with Crippen molar-refractivity contribution in [1.82, 2.24) is 4.57 Å². The highest BCUT2D eigenvalue weighted by atomic mass is 35.6. The van der Waals surface area contributed by atoms with Crippen LogP contribution >= 0.6 is 11.1 Å². The highest BCUT2D eigenvalue weighted by molar-refractivity contribution is 7.21. The molecule has 0 unspecified atom stereocenters. The van der Waals surface area contributed by atoms with Gasteiger partial charge in [-0.3, -0.25) is 0 Å². The molecule has 0 amide bonds. The van der Waals surface area contributed by atoms with E-state index in [1.165, 1.54) is 0 Å². The second-order valence-electron chi connectivity index (χ2n) is 6.29. The molecule has 0 aliphatic heterocycles. The average Bonchev–Trinajstić information content (AvgIpc) is 2.02. The summed E-state index contributed by atoms with van der Waals surface area (Å²) in [6, 6.07) is 0. The van der Waals surface area contributed by atoms with Crippen molar-refractivity contribution < 1.29 is 0 Å². The fraction of sp³-hybridized carbons (Fsp3) is 1.00. The van der Waals surface area contributed by atoms with Crippen LogP contribution in [0.1, 0.15) is 55.4 Å². The smallest absolute Gasteiger partial charge is 0.239 e. The maximum Gasteiger partial charge on any atom is 0.239 e. The molecule has 0 spiro atoms. The van der Waals surface area contributed by atoms with Gasteiger partial charge in [0.05, 0.1) is 0 Å². The summed E-state index contributed by atoms with van der Waals surface area (Å²) < 4.78 is 2.51. The first kappa shape index (κ1) is 15.5. The second kappa shape index (κ2) is 4.76. The van der Waals surface area contributed by atoms with Gasteiger partial charge in [0.25, 0.3) is 0 Å². The summed E-state index contributed by atoms with van der Waals surface area (Å²) in [6.07, 6.45) is 0. The summed E-state index contributed by atoms with van der Waals surface area (Å²) in [5.74, 6) is 0. The Hall–Kier alpha value is 0.467. The third-order valence-electron chi connectivity index (χ3n) is 3.19. The molecule has 0 aromatic rings. The molecular formula is C12H28ClNSi. The predicted molar refractivity (Wildman–Crippen MR) is 74.0 cm³/mol. The topological polar surface area (TPSA) is 3.24 Å². The number of rotatable bonds is 3. The molecule has 3 heteroatoms. The first-order chi connectivity index (χ1) is 6.52. The largest absolute Gasteiger partial charge is 0.312 e. The van der Waals surface area contributed by atoms with Crippen molar-refractivity contribution in [3.8, 4) is 0 Å². The first-order valence-corrected chi connectivity index (χ1v) is 8.92. The summed E-state index contributed by atoms with van der Waals surface area (Å²) in [5, 5.41) is 0.387. The maximum absolute atomic E-state index is 7.12. The molecule has 0 aromatic carbocycles. The van der Waals surface area contributed by atoms with Crippen molar-refractivity contribution in [3.05, 3.63) is 0 Å². The average molecular weight is 250 g/mol. The van der Waals surface area contributed by atoms with Gasteiger partial charge in [0.15, 0.2) is 0 Å². The van der Waals surface area contributed by atoms with Gasteiger partial charge in [-0.05, 0) is 23.2 Å². The molecule has 0 saturated heterocycles. The lowest BCUT2D eigenvalue weighted by atomic mass is 10.2. The summed E-state index contributed by atoms with van der Waals surface area (Å²) in [4.78, 5) is 0. The highest BCUT2D eigenvalue weighted by Gasteiger charge is 2.55. The van der Waals surface area contributed by atoms with Crippen molar-refractivity contribution in [1.29, 1.82) is 0 Å². The van der Waals surface area contributed by atoms with Crippen molar-refractivity contribution in [2.75, 3.05) is 13.1 Å². The minimum absolute atomic E-state index is 0.193. The van der Waals surface area contributed by atoms with Crippen LogP contribution in [-0.4, -0.2) is 25.2 Å². The molecule has 0 aliphatic rings. The van der Waals surface area contributed by atoms with E-state index in [-0.39, 0.29) is 10.1 Å². The molecule has 0 radical (unpaired) electrons. The van der Waals surface area contributed by atoms with Crippen molar-refractivity contribution >= 4 is 18.6 Å². The fourth-order valence-corrected chi connectivity index (χ4v) is 8.47. The lowest BCUT2D eigenvalue weighted by molar-refractivity contribution is 0.411. The monoisotopic (exact) mass is 249 g/mol. The van der Waals surface area contributed by atoms with Gasteiger partial charge in [-0.2, -0.15) is 0 Å². The van der Waals surface area contributed by atoms with Gasteiger partial charge in [0, 0.05) is 0 Å². The molecule has 0 rings (SSSR count). The van der Waals surface area contributed by atoms with E-state index < -0.39 is 7.55 Å². The molecule has 0 heterocycles.